The molecule has 3 N–H and O–H groups in total. The lowest BCUT2D eigenvalue weighted by atomic mass is 9.80. The predicted molar refractivity (Wildman–Crippen MR) is 76.7 cm³/mol. The molecule has 0 fully saturated rings. The minimum Gasteiger partial charge on any atom is -0.488 e. The van der Waals surface area contributed by atoms with Gasteiger partial charge in [-0.05, 0) is 23.2 Å². The molecular weight excluding hydrogens is 255 g/mol. The minimum atomic E-state index is -1.54. The van der Waals surface area contributed by atoms with Gasteiger partial charge in [0.05, 0.1) is 17.1 Å². The molecule has 1 aromatic heterocycles. The molecule has 0 aliphatic carbocycles. The molecule has 0 aliphatic heterocycles. The van der Waals surface area contributed by atoms with Crippen molar-refractivity contribution in [2.75, 3.05) is 0 Å². The minimum absolute atomic E-state index is 0.366. The van der Waals surface area contributed by atoms with Crippen LogP contribution in [0.15, 0.2) is 48.7 Å². The Balaban J connectivity index is 1.91. The average molecular weight is 268 g/mol. The molecule has 0 atom stereocenters. The van der Waals surface area contributed by atoms with Crippen LogP contribution in [0.25, 0.3) is 10.9 Å². The summed E-state index contributed by atoms with van der Waals surface area (Å²) < 4.78 is 5.77. The number of fused-ring (bicyclic) bond motifs is 1. The Bertz CT molecular complexity index is 713. The largest absolute Gasteiger partial charge is 0.488 e. The lowest BCUT2D eigenvalue weighted by molar-refractivity contribution is 0.310. The van der Waals surface area contributed by atoms with E-state index in [1.807, 2.05) is 30.3 Å². The number of ether oxygens (including phenoxy) is 1. The van der Waals surface area contributed by atoms with Crippen molar-refractivity contribution in [1.29, 1.82) is 0 Å². The second-order valence-electron chi connectivity index (χ2n) is 4.50. The number of nitrogens with one attached hydrogen (secondary N) is 1. The first kappa shape index (κ1) is 12.7. The zero-order chi connectivity index (χ0) is 13.9. The van der Waals surface area contributed by atoms with E-state index in [-0.39, 0.29) is 0 Å². The average Bonchev–Trinajstić information content (AvgIpc) is 2.94. The Morgan fingerprint density at radius 3 is 2.70 bits per heavy atom. The first-order valence-electron chi connectivity index (χ1n) is 6.24. The molecule has 3 rings (SSSR count). The summed E-state index contributed by atoms with van der Waals surface area (Å²) in [6.07, 6.45) is 1.66. The summed E-state index contributed by atoms with van der Waals surface area (Å²) in [5.41, 5.74) is 2.11. The third kappa shape index (κ3) is 2.52. The van der Waals surface area contributed by atoms with Gasteiger partial charge in [0.15, 0.2) is 0 Å². The van der Waals surface area contributed by atoms with Crippen LogP contribution >= 0.6 is 0 Å². The number of rotatable bonds is 4. The Labute approximate surface area is 116 Å². The summed E-state index contributed by atoms with van der Waals surface area (Å²) in [4.78, 5) is 0. The van der Waals surface area contributed by atoms with Gasteiger partial charge in [-0.2, -0.15) is 5.10 Å². The van der Waals surface area contributed by atoms with E-state index in [2.05, 4.69) is 10.2 Å². The van der Waals surface area contributed by atoms with Crippen molar-refractivity contribution >= 4 is 23.5 Å². The highest BCUT2D eigenvalue weighted by atomic mass is 16.5. The number of H-pyrrole nitrogens is 1. The summed E-state index contributed by atoms with van der Waals surface area (Å²) >= 11 is 0. The molecule has 0 aliphatic rings. The van der Waals surface area contributed by atoms with Crippen molar-refractivity contribution in [1.82, 2.24) is 10.2 Å². The Kier molecular flexibility index (Phi) is 3.41. The van der Waals surface area contributed by atoms with Crippen LogP contribution in [0.1, 0.15) is 5.56 Å². The molecule has 0 saturated heterocycles. The van der Waals surface area contributed by atoms with E-state index in [0.29, 0.717) is 23.3 Å². The maximum atomic E-state index is 9.30. The number of aromatic nitrogens is 2. The highest BCUT2D eigenvalue weighted by molar-refractivity contribution is 6.59. The molecule has 0 radical (unpaired) electrons. The molecule has 6 heteroatoms. The van der Waals surface area contributed by atoms with Crippen LogP contribution in [0.2, 0.25) is 0 Å². The Morgan fingerprint density at radius 1 is 1.15 bits per heavy atom. The SMILES string of the molecule is OB(O)c1cc(OCc2ccccc2)c2cn[nH]c2c1. The van der Waals surface area contributed by atoms with E-state index in [4.69, 9.17) is 4.74 Å². The summed E-state index contributed by atoms with van der Waals surface area (Å²) in [5.74, 6) is 0.572. The van der Waals surface area contributed by atoms with Gasteiger partial charge >= 0.3 is 7.12 Å². The van der Waals surface area contributed by atoms with E-state index in [0.717, 1.165) is 10.9 Å². The van der Waals surface area contributed by atoms with Crippen molar-refractivity contribution < 1.29 is 14.8 Å². The van der Waals surface area contributed by atoms with Crippen LogP contribution in [0, 0.1) is 0 Å². The van der Waals surface area contributed by atoms with Crippen molar-refractivity contribution in [2.45, 2.75) is 6.61 Å². The lowest BCUT2D eigenvalue weighted by Gasteiger charge is -2.09. The summed E-state index contributed by atoms with van der Waals surface area (Å²) in [5, 5.41) is 26.2. The van der Waals surface area contributed by atoms with Crippen molar-refractivity contribution in [3.63, 3.8) is 0 Å². The number of benzene rings is 2. The van der Waals surface area contributed by atoms with E-state index in [1.165, 1.54) is 0 Å². The molecule has 3 aromatic rings. The van der Waals surface area contributed by atoms with Gasteiger partial charge in [0.25, 0.3) is 0 Å². The normalized spacial score (nSPS) is 10.7. The number of hydrogen-bond acceptors (Lipinski definition) is 4. The van der Waals surface area contributed by atoms with Crippen LogP contribution in [0.5, 0.6) is 5.75 Å². The number of hydrogen-bond donors (Lipinski definition) is 3. The smallest absolute Gasteiger partial charge is 0.488 e. The van der Waals surface area contributed by atoms with Gasteiger partial charge in [0.1, 0.15) is 12.4 Å². The molecule has 0 bridgehead atoms. The van der Waals surface area contributed by atoms with E-state index >= 15 is 0 Å². The fourth-order valence-corrected chi connectivity index (χ4v) is 2.04. The second kappa shape index (κ2) is 5.36. The third-order valence-electron chi connectivity index (χ3n) is 3.08. The zero-order valence-corrected chi connectivity index (χ0v) is 10.7. The topological polar surface area (TPSA) is 78.4 Å². The predicted octanol–water partition coefficient (Wildman–Crippen LogP) is 0.822. The molecule has 20 heavy (non-hydrogen) atoms. The first-order valence-corrected chi connectivity index (χ1v) is 6.24. The van der Waals surface area contributed by atoms with Crippen molar-refractivity contribution in [3.8, 4) is 5.75 Å². The summed E-state index contributed by atoms with van der Waals surface area (Å²) in [6.45, 7) is 0.409. The standard InChI is InChI=1S/C14H13BN2O3/c18-15(19)11-6-13-12(8-16-17-13)14(7-11)20-9-10-4-2-1-3-5-10/h1-8,18-19H,9H2,(H,16,17). The van der Waals surface area contributed by atoms with Gasteiger partial charge in [-0.3, -0.25) is 5.10 Å². The number of nitrogens with zero attached hydrogens (tertiary/aromatic N) is 1. The van der Waals surface area contributed by atoms with Crippen LogP contribution in [0.4, 0.5) is 0 Å². The molecule has 0 spiro atoms. The molecule has 5 nitrogen and oxygen atoms in total. The molecule has 0 amide bonds. The van der Waals surface area contributed by atoms with Crippen LogP contribution in [-0.2, 0) is 6.61 Å². The Morgan fingerprint density at radius 2 is 1.95 bits per heavy atom. The maximum absolute atomic E-state index is 9.30. The summed E-state index contributed by atoms with van der Waals surface area (Å²) in [7, 11) is -1.54. The highest BCUT2D eigenvalue weighted by Crippen LogP contribution is 2.23. The van der Waals surface area contributed by atoms with E-state index in [1.54, 1.807) is 18.3 Å². The molecule has 100 valence electrons. The Hall–Kier alpha value is -2.31. The van der Waals surface area contributed by atoms with Gasteiger partial charge < -0.3 is 14.8 Å². The monoisotopic (exact) mass is 268 g/mol. The number of aromatic amines is 1. The fourth-order valence-electron chi connectivity index (χ4n) is 2.04. The van der Waals surface area contributed by atoms with Crippen LogP contribution in [0.3, 0.4) is 0 Å². The lowest BCUT2D eigenvalue weighted by Crippen LogP contribution is -2.29. The van der Waals surface area contributed by atoms with Crippen LogP contribution < -0.4 is 10.2 Å². The second-order valence-corrected chi connectivity index (χ2v) is 4.50. The van der Waals surface area contributed by atoms with Gasteiger partial charge in [-0.15, -0.1) is 0 Å². The quantitative estimate of drug-likeness (QED) is 0.612. The van der Waals surface area contributed by atoms with E-state index < -0.39 is 7.12 Å². The fraction of sp³-hybridized carbons (Fsp3) is 0.0714. The van der Waals surface area contributed by atoms with E-state index in [9.17, 15) is 10.0 Å². The third-order valence-corrected chi connectivity index (χ3v) is 3.08. The zero-order valence-electron chi connectivity index (χ0n) is 10.7. The van der Waals surface area contributed by atoms with Crippen molar-refractivity contribution in [2.24, 2.45) is 0 Å². The van der Waals surface area contributed by atoms with Crippen molar-refractivity contribution in [3.05, 3.63) is 54.2 Å². The first-order chi connectivity index (χ1) is 9.74. The highest BCUT2D eigenvalue weighted by Gasteiger charge is 2.15. The maximum Gasteiger partial charge on any atom is 0.488 e. The van der Waals surface area contributed by atoms with Gasteiger partial charge in [-0.25, -0.2) is 0 Å². The molecule has 0 unspecified atom stereocenters. The van der Waals surface area contributed by atoms with Gasteiger partial charge in [0.2, 0.25) is 0 Å². The van der Waals surface area contributed by atoms with Gasteiger partial charge in [-0.1, -0.05) is 30.3 Å². The molecule has 0 saturated carbocycles. The summed E-state index contributed by atoms with van der Waals surface area (Å²) in [6, 6.07) is 13.0. The van der Waals surface area contributed by atoms with Crippen LogP contribution in [-0.4, -0.2) is 27.4 Å². The molecule has 2 aromatic carbocycles. The molecule has 1 heterocycles. The van der Waals surface area contributed by atoms with Gasteiger partial charge in [0, 0.05) is 0 Å². The molecular formula is C14H13BN2O3.